The summed E-state index contributed by atoms with van der Waals surface area (Å²) in [5.41, 5.74) is 0.889. The van der Waals surface area contributed by atoms with Crippen LogP contribution in [0.15, 0.2) is 48.5 Å². The van der Waals surface area contributed by atoms with Gasteiger partial charge in [-0.1, -0.05) is 81.1 Å². The molecular formula is C31H45N3O6. The second kappa shape index (κ2) is 15.9. The van der Waals surface area contributed by atoms with Crippen LogP contribution in [0.1, 0.15) is 82.5 Å². The largest absolute Gasteiger partial charge is 0.507 e. The maximum absolute atomic E-state index is 13.9. The van der Waals surface area contributed by atoms with Crippen LogP contribution in [0.3, 0.4) is 0 Å². The molecule has 40 heavy (non-hydrogen) atoms. The number of alkyl carbamates (subject to hydrolysis) is 1. The quantitative estimate of drug-likeness (QED) is 0.249. The molecular weight excluding hydrogens is 510 g/mol. The van der Waals surface area contributed by atoms with Crippen molar-refractivity contribution in [2.45, 2.75) is 91.0 Å². The van der Waals surface area contributed by atoms with Crippen LogP contribution in [-0.2, 0) is 20.9 Å². The van der Waals surface area contributed by atoms with Crippen LogP contribution in [0.2, 0.25) is 0 Å². The first-order valence-corrected chi connectivity index (χ1v) is 14.0. The Labute approximate surface area is 237 Å². The van der Waals surface area contributed by atoms with E-state index in [-0.39, 0.29) is 24.4 Å². The minimum Gasteiger partial charge on any atom is -0.507 e. The van der Waals surface area contributed by atoms with Gasteiger partial charge in [0.2, 0.25) is 11.8 Å². The zero-order valence-corrected chi connectivity index (χ0v) is 24.4. The number of hydrogen-bond acceptors (Lipinski definition) is 6. The number of phenolic OH excluding ortho intramolecular Hbond substituents is 1. The first kappa shape index (κ1) is 32.6. The number of aromatic hydroxyl groups is 1. The third kappa shape index (κ3) is 10.2. The molecule has 0 spiro atoms. The fraction of sp³-hybridized carbons (Fsp3) is 0.516. The molecule has 2 rings (SSSR count). The average Bonchev–Trinajstić information content (AvgIpc) is 2.91. The minimum absolute atomic E-state index is 0.0909. The van der Waals surface area contributed by atoms with Gasteiger partial charge in [0, 0.05) is 18.7 Å². The Kier molecular flexibility index (Phi) is 12.9. The number of phenols is 1. The monoisotopic (exact) mass is 555 g/mol. The predicted molar refractivity (Wildman–Crippen MR) is 155 cm³/mol. The van der Waals surface area contributed by atoms with Crippen LogP contribution in [0.25, 0.3) is 0 Å². The Morgan fingerprint density at radius 3 is 2.27 bits per heavy atom. The number of nitrogens with one attached hydrogen (secondary N) is 2. The van der Waals surface area contributed by atoms with Gasteiger partial charge < -0.3 is 30.5 Å². The number of aliphatic hydroxyl groups is 1. The number of ether oxygens (including phenoxy) is 1. The van der Waals surface area contributed by atoms with Crippen LogP contribution in [0.4, 0.5) is 4.79 Å². The molecule has 0 bridgehead atoms. The number of nitrogens with zero attached hydrogens (tertiary/aromatic N) is 1. The summed E-state index contributed by atoms with van der Waals surface area (Å²) >= 11 is 0. The summed E-state index contributed by atoms with van der Waals surface area (Å²) in [6.07, 6.45) is 3.65. The highest BCUT2D eigenvalue weighted by atomic mass is 16.6. The topological polar surface area (TPSA) is 128 Å². The van der Waals surface area contributed by atoms with Crippen LogP contribution in [0.5, 0.6) is 5.75 Å². The number of aliphatic hydroxyl groups excluding tert-OH is 1. The van der Waals surface area contributed by atoms with Crippen molar-refractivity contribution in [3.63, 3.8) is 0 Å². The van der Waals surface area contributed by atoms with Crippen molar-refractivity contribution in [2.24, 2.45) is 0 Å². The minimum atomic E-state index is -1.35. The number of benzene rings is 2. The van der Waals surface area contributed by atoms with Crippen LogP contribution in [0, 0.1) is 6.92 Å². The molecule has 0 saturated heterocycles. The molecule has 2 unspecified atom stereocenters. The summed E-state index contributed by atoms with van der Waals surface area (Å²) in [5, 5.41) is 26.4. The van der Waals surface area contributed by atoms with Gasteiger partial charge in [-0.05, 0) is 45.2 Å². The Morgan fingerprint density at radius 2 is 1.65 bits per heavy atom. The molecule has 9 heteroatoms. The van der Waals surface area contributed by atoms with Gasteiger partial charge in [0.25, 0.3) is 0 Å². The van der Waals surface area contributed by atoms with E-state index in [1.165, 1.54) is 4.90 Å². The number of para-hydroxylation sites is 1. The van der Waals surface area contributed by atoms with Crippen LogP contribution < -0.4 is 10.6 Å². The summed E-state index contributed by atoms with van der Waals surface area (Å²) in [7, 11) is 0. The Balaban J connectivity index is 2.45. The van der Waals surface area contributed by atoms with Gasteiger partial charge in [-0.25, -0.2) is 4.79 Å². The van der Waals surface area contributed by atoms with Crippen molar-refractivity contribution in [1.82, 2.24) is 15.5 Å². The van der Waals surface area contributed by atoms with Crippen LogP contribution >= 0.6 is 0 Å². The number of amides is 3. The first-order valence-electron chi connectivity index (χ1n) is 14.0. The molecule has 9 nitrogen and oxygen atoms in total. The van der Waals surface area contributed by atoms with Gasteiger partial charge in [0.1, 0.15) is 23.4 Å². The molecule has 4 N–H and O–H groups in total. The standard InChI is InChI=1S/C31H45N3O6/c1-6-7-8-9-13-19-34(29(38)25(21-35)33-30(39)40-31(3,4)5)26(24-18-14-15-22(2)27(24)36)28(37)32-20-23-16-11-10-12-17-23/h10-12,14-18,25-26,35-36H,6-9,13,19-21H2,1-5H3,(H,32,37)(H,33,39). The highest BCUT2D eigenvalue weighted by molar-refractivity contribution is 5.92. The number of aryl methyl sites for hydroxylation is 1. The molecule has 3 amide bonds. The highest BCUT2D eigenvalue weighted by Gasteiger charge is 2.37. The molecule has 2 aromatic rings. The molecule has 2 atom stereocenters. The van der Waals surface area contributed by atoms with E-state index in [1.54, 1.807) is 45.9 Å². The maximum Gasteiger partial charge on any atom is 0.408 e. The summed E-state index contributed by atoms with van der Waals surface area (Å²) < 4.78 is 5.29. The molecule has 0 aliphatic carbocycles. The van der Waals surface area contributed by atoms with Gasteiger partial charge in [0.05, 0.1) is 6.61 Å². The Bertz CT molecular complexity index is 1100. The smallest absolute Gasteiger partial charge is 0.408 e. The normalized spacial score (nSPS) is 12.8. The fourth-order valence-electron chi connectivity index (χ4n) is 4.32. The van der Waals surface area contributed by atoms with Gasteiger partial charge in [-0.2, -0.15) is 0 Å². The fourth-order valence-corrected chi connectivity index (χ4v) is 4.32. The zero-order valence-electron chi connectivity index (χ0n) is 24.4. The lowest BCUT2D eigenvalue weighted by atomic mass is 9.98. The average molecular weight is 556 g/mol. The lowest BCUT2D eigenvalue weighted by Crippen LogP contribution is -2.54. The highest BCUT2D eigenvalue weighted by Crippen LogP contribution is 2.32. The van der Waals surface area contributed by atoms with E-state index < -0.39 is 42.2 Å². The molecule has 0 aliphatic rings. The molecule has 220 valence electrons. The van der Waals surface area contributed by atoms with E-state index in [9.17, 15) is 24.6 Å². The van der Waals surface area contributed by atoms with Gasteiger partial charge in [-0.15, -0.1) is 0 Å². The van der Waals surface area contributed by atoms with E-state index in [0.717, 1.165) is 31.2 Å². The summed E-state index contributed by atoms with van der Waals surface area (Å²) in [6.45, 7) is 8.62. The molecule has 0 aliphatic heterocycles. The molecule has 0 heterocycles. The summed E-state index contributed by atoms with van der Waals surface area (Å²) in [5.74, 6) is -1.22. The predicted octanol–water partition coefficient (Wildman–Crippen LogP) is 4.74. The maximum atomic E-state index is 13.9. The summed E-state index contributed by atoms with van der Waals surface area (Å²) in [6, 6.07) is 11.9. The SMILES string of the molecule is CCCCCCCN(C(=O)C(CO)NC(=O)OC(C)(C)C)C(C(=O)NCc1ccccc1)c1cccc(C)c1O. The molecule has 0 saturated carbocycles. The second-order valence-corrected chi connectivity index (χ2v) is 10.9. The van der Waals surface area contributed by atoms with Crippen molar-refractivity contribution >= 4 is 17.9 Å². The molecule has 0 radical (unpaired) electrons. The van der Waals surface area contributed by atoms with Crippen molar-refractivity contribution in [2.75, 3.05) is 13.2 Å². The number of rotatable bonds is 14. The Hall–Kier alpha value is -3.59. The Morgan fingerprint density at radius 1 is 0.975 bits per heavy atom. The number of unbranched alkanes of at least 4 members (excludes halogenated alkanes) is 4. The van der Waals surface area contributed by atoms with E-state index in [4.69, 9.17) is 4.74 Å². The zero-order chi connectivity index (χ0) is 29.7. The van der Waals surface area contributed by atoms with Gasteiger partial charge in [0.15, 0.2) is 0 Å². The third-order valence-electron chi connectivity index (χ3n) is 6.39. The van der Waals surface area contributed by atoms with Gasteiger partial charge >= 0.3 is 6.09 Å². The van der Waals surface area contributed by atoms with Gasteiger partial charge in [-0.3, -0.25) is 9.59 Å². The number of carbonyl (C=O) groups excluding carboxylic acids is 3. The lowest BCUT2D eigenvalue weighted by Gasteiger charge is -2.34. The van der Waals surface area contributed by atoms with E-state index >= 15 is 0 Å². The van der Waals surface area contributed by atoms with Crippen molar-refractivity contribution in [3.8, 4) is 5.75 Å². The van der Waals surface area contributed by atoms with Crippen LogP contribution in [-0.4, -0.2) is 57.8 Å². The molecule has 2 aromatic carbocycles. The van der Waals surface area contributed by atoms with E-state index in [2.05, 4.69) is 17.6 Å². The molecule has 0 aromatic heterocycles. The van der Waals surface area contributed by atoms with Crippen molar-refractivity contribution < 1.29 is 29.3 Å². The summed E-state index contributed by atoms with van der Waals surface area (Å²) in [4.78, 5) is 41.5. The number of hydrogen-bond donors (Lipinski definition) is 4. The second-order valence-electron chi connectivity index (χ2n) is 10.9. The third-order valence-corrected chi connectivity index (χ3v) is 6.39. The van der Waals surface area contributed by atoms with Crippen molar-refractivity contribution in [1.29, 1.82) is 0 Å². The van der Waals surface area contributed by atoms with E-state index in [1.807, 2.05) is 30.3 Å². The lowest BCUT2D eigenvalue weighted by molar-refractivity contribution is -0.143. The molecule has 0 fully saturated rings. The number of carbonyl (C=O) groups is 3. The first-order chi connectivity index (χ1) is 19.0. The van der Waals surface area contributed by atoms with Crippen molar-refractivity contribution in [3.05, 3.63) is 65.2 Å². The van der Waals surface area contributed by atoms with E-state index in [0.29, 0.717) is 12.0 Å².